The minimum absolute atomic E-state index is 0.128. The Morgan fingerprint density at radius 2 is 1.91 bits per heavy atom. The number of allylic oxidation sites excluding steroid dienone is 1. The molecule has 4 heteroatoms. The number of hydrogen-bond donors (Lipinski definition) is 1. The number of aromatic nitrogens is 1. The van der Waals surface area contributed by atoms with Gasteiger partial charge in [0.15, 0.2) is 5.78 Å². The Bertz CT molecular complexity index is 887. The van der Waals surface area contributed by atoms with Crippen molar-refractivity contribution in [2.75, 3.05) is 5.73 Å². The first-order valence-electron chi connectivity index (χ1n) is 6.77. The molecule has 3 aromatic rings. The third-order valence-electron chi connectivity index (χ3n) is 3.29. The molecule has 22 heavy (non-hydrogen) atoms. The second-order valence-electron chi connectivity index (χ2n) is 4.88. The molecular weight excluding hydrogens is 296 g/mol. The van der Waals surface area contributed by atoms with Crippen molar-refractivity contribution in [2.45, 2.75) is 0 Å². The Labute approximate surface area is 133 Å². The minimum Gasteiger partial charge on any atom is -0.399 e. The summed E-state index contributed by atoms with van der Waals surface area (Å²) in [4.78, 5) is 16.5. The number of carbonyl (C=O) groups excluding carboxylic acids is 1. The largest absolute Gasteiger partial charge is 0.399 e. The average molecular weight is 309 g/mol. The molecule has 0 radical (unpaired) electrons. The zero-order valence-corrected chi connectivity index (χ0v) is 12.4. The molecule has 0 aliphatic carbocycles. The normalized spacial score (nSPS) is 11.1. The van der Waals surface area contributed by atoms with Crippen molar-refractivity contribution < 1.29 is 4.79 Å². The number of benzene rings is 2. The van der Waals surface area contributed by atoms with Crippen LogP contribution >= 0.6 is 11.6 Å². The van der Waals surface area contributed by atoms with Gasteiger partial charge in [-0.1, -0.05) is 41.9 Å². The van der Waals surface area contributed by atoms with Crippen molar-refractivity contribution in [3.8, 4) is 0 Å². The summed E-state index contributed by atoms with van der Waals surface area (Å²) in [7, 11) is 0. The first-order chi connectivity index (χ1) is 10.6. The topological polar surface area (TPSA) is 56.0 Å². The van der Waals surface area contributed by atoms with E-state index in [1.807, 2.05) is 30.3 Å². The van der Waals surface area contributed by atoms with E-state index in [2.05, 4.69) is 4.98 Å². The van der Waals surface area contributed by atoms with Crippen molar-refractivity contribution in [1.29, 1.82) is 0 Å². The number of nitrogen functional groups attached to an aromatic ring is 1. The number of carbonyl (C=O) groups is 1. The van der Waals surface area contributed by atoms with Crippen molar-refractivity contribution in [3.63, 3.8) is 0 Å². The van der Waals surface area contributed by atoms with Gasteiger partial charge in [0.2, 0.25) is 0 Å². The highest BCUT2D eigenvalue weighted by atomic mass is 35.5. The standard InChI is InChI=1S/C18H13ClN2O/c19-18-14(10-12-4-1-2-7-16(12)21-18)8-9-17(22)13-5-3-6-15(20)11-13/h1-11H,20H2. The molecule has 2 aromatic carbocycles. The van der Waals surface area contributed by atoms with Crippen LogP contribution in [0.25, 0.3) is 17.0 Å². The highest BCUT2D eigenvalue weighted by Crippen LogP contribution is 2.21. The Morgan fingerprint density at radius 3 is 2.73 bits per heavy atom. The van der Waals surface area contributed by atoms with Gasteiger partial charge in [-0.05, 0) is 36.4 Å². The highest BCUT2D eigenvalue weighted by Gasteiger charge is 2.05. The number of fused-ring (bicyclic) bond motifs is 1. The quantitative estimate of drug-likeness (QED) is 0.338. The van der Waals surface area contributed by atoms with Gasteiger partial charge >= 0.3 is 0 Å². The maximum atomic E-state index is 12.1. The SMILES string of the molecule is Nc1cccc(C(=O)C=Cc2cc3ccccc3nc2Cl)c1. The first-order valence-corrected chi connectivity index (χ1v) is 7.14. The van der Waals surface area contributed by atoms with Gasteiger partial charge in [-0.2, -0.15) is 0 Å². The number of ketones is 1. The maximum Gasteiger partial charge on any atom is 0.185 e. The summed E-state index contributed by atoms with van der Waals surface area (Å²) >= 11 is 6.16. The van der Waals surface area contributed by atoms with Crippen LogP contribution in [0.2, 0.25) is 5.15 Å². The van der Waals surface area contributed by atoms with Crippen LogP contribution in [0.5, 0.6) is 0 Å². The summed E-state index contributed by atoms with van der Waals surface area (Å²) in [5, 5.41) is 1.35. The van der Waals surface area contributed by atoms with Gasteiger partial charge in [0.1, 0.15) is 5.15 Å². The zero-order chi connectivity index (χ0) is 15.5. The molecule has 2 N–H and O–H groups in total. The van der Waals surface area contributed by atoms with Crippen molar-refractivity contribution in [3.05, 3.63) is 77.0 Å². The van der Waals surface area contributed by atoms with E-state index in [0.29, 0.717) is 22.0 Å². The molecule has 3 rings (SSSR count). The number of para-hydroxylation sites is 1. The number of rotatable bonds is 3. The van der Waals surface area contributed by atoms with E-state index in [1.165, 1.54) is 6.08 Å². The summed E-state index contributed by atoms with van der Waals surface area (Å²) in [6, 6.07) is 16.5. The fourth-order valence-corrected chi connectivity index (χ4v) is 2.39. The first kappa shape index (κ1) is 14.3. The maximum absolute atomic E-state index is 12.1. The Hall–Kier alpha value is -2.65. The van der Waals surface area contributed by atoms with Crippen LogP contribution in [-0.4, -0.2) is 10.8 Å². The van der Waals surface area contributed by atoms with E-state index in [4.69, 9.17) is 17.3 Å². The smallest absolute Gasteiger partial charge is 0.185 e. The molecule has 1 heterocycles. The molecule has 0 bridgehead atoms. The lowest BCUT2D eigenvalue weighted by atomic mass is 10.1. The lowest BCUT2D eigenvalue weighted by Crippen LogP contribution is -1.96. The third kappa shape index (κ3) is 3.00. The van der Waals surface area contributed by atoms with Crippen molar-refractivity contribution in [2.24, 2.45) is 0 Å². The van der Waals surface area contributed by atoms with Crippen LogP contribution in [0, 0.1) is 0 Å². The molecule has 0 fully saturated rings. The van der Waals surface area contributed by atoms with Gasteiger partial charge in [0, 0.05) is 22.2 Å². The number of anilines is 1. The fourth-order valence-electron chi connectivity index (χ4n) is 2.18. The predicted octanol–water partition coefficient (Wildman–Crippen LogP) is 4.37. The number of nitrogens with zero attached hydrogens (tertiary/aromatic N) is 1. The van der Waals surface area contributed by atoms with Gasteiger partial charge in [0.05, 0.1) is 5.52 Å². The number of halogens is 1. The average Bonchev–Trinajstić information content (AvgIpc) is 2.52. The van der Waals surface area contributed by atoms with Gasteiger partial charge in [-0.15, -0.1) is 0 Å². The van der Waals surface area contributed by atoms with Gasteiger partial charge in [0.25, 0.3) is 0 Å². The molecule has 0 atom stereocenters. The lowest BCUT2D eigenvalue weighted by molar-refractivity contribution is 0.104. The molecule has 1 aromatic heterocycles. The Kier molecular flexibility index (Phi) is 3.90. The van der Waals surface area contributed by atoms with E-state index >= 15 is 0 Å². The van der Waals surface area contributed by atoms with E-state index < -0.39 is 0 Å². The second kappa shape index (κ2) is 6.00. The monoisotopic (exact) mass is 308 g/mol. The van der Waals surface area contributed by atoms with Crippen LogP contribution in [0.4, 0.5) is 5.69 Å². The summed E-state index contributed by atoms with van der Waals surface area (Å²) in [5.41, 5.74) is 8.32. The predicted molar refractivity (Wildman–Crippen MR) is 91.0 cm³/mol. The molecule has 0 aliphatic rings. The molecule has 0 saturated carbocycles. The Balaban J connectivity index is 1.92. The molecule has 0 spiro atoms. The molecular formula is C18H13ClN2O. The minimum atomic E-state index is -0.128. The van der Waals surface area contributed by atoms with Gasteiger partial charge in [-0.25, -0.2) is 4.98 Å². The summed E-state index contributed by atoms with van der Waals surface area (Å²) < 4.78 is 0. The fraction of sp³-hybridized carbons (Fsp3) is 0. The second-order valence-corrected chi connectivity index (χ2v) is 5.24. The summed E-state index contributed by atoms with van der Waals surface area (Å²) in [6.07, 6.45) is 3.15. The zero-order valence-electron chi connectivity index (χ0n) is 11.7. The van der Waals surface area contributed by atoms with Gasteiger partial charge < -0.3 is 5.73 Å². The Morgan fingerprint density at radius 1 is 1.09 bits per heavy atom. The van der Waals surface area contributed by atoms with Crippen molar-refractivity contribution >= 4 is 40.1 Å². The molecule has 0 aliphatic heterocycles. The van der Waals surface area contributed by atoms with Crippen molar-refractivity contribution in [1.82, 2.24) is 4.98 Å². The van der Waals surface area contributed by atoms with Gasteiger partial charge in [-0.3, -0.25) is 4.79 Å². The lowest BCUT2D eigenvalue weighted by Gasteiger charge is -2.02. The third-order valence-corrected chi connectivity index (χ3v) is 3.59. The number of nitrogens with two attached hydrogens (primary N) is 1. The van der Waals surface area contributed by atoms with Crippen LogP contribution in [0.3, 0.4) is 0 Å². The molecule has 0 amide bonds. The molecule has 3 nitrogen and oxygen atoms in total. The van der Waals surface area contributed by atoms with Crippen LogP contribution in [0.1, 0.15) is 15.9 Å². The number of pyridine rings is 1. The molecule has 108 valence electrons. The molecule has 0 unspecified atom stereocenters. The van der Waals surface area contributed by atoms with Crippen LogP contribution in [0.15, 0.2) is 60.7 Å². The van der Waals surface area contributed by atoms with E-state index in [9.17, 15) is 4.79 Å². The van der Waals surface area contributed by atoms with E-state index in [-0.39, 0.29) is 5.78 Å². The van der Waals surface area contributed by atoms with Crippen LogP contribution < -0.4 is 5.73 Å². The summed E-state index contributed by atoms with van der Waals surface area (Å²) in [5.74, 6) is -0.128. The summed E-state index contributed by atoms with van der Waals surface area (Å²) in [6.45, 7) is 0. The highest BCUT2D eigenvalue weighted by molar-refractivity contribution is 6.31. The van der Waals surface area contributed by atoms with E-state index in [0.717, 1.165) is 10.9 Å². The number of hydrogen-bond acceptors (Lipinski definition) is 3. The molecule has 0 saturated heterocycles. The van der Waals surface area contributed by atoms with Crippen LogP contribution in [-0.2, 0) is 0 Å². The van der Waals surface area contributed by atoms with E-state index in [1.54, 1.807) is 30.3 Å².